The molecule has 1 amide bonds. The van der Waals surface area contributed by atoms with Crippen LogP contribution in [-0.2, 0) is 10.0 Å². The summed E-state index contributed by atoms with van der Waals surface area (Å²) >= 11 is 5.82. The normalized spacial score (nSPS) is 11.1. The third-order valence-corrected chi connectivity index (χ3v) is 6.39. The molecule has 4 aromatic rings. The van der Waals surface area contributed by atoms with Gasteiger partial charge in [-0.05, 0) is 54.6 Å². The van der Waals surface area contributed by atoms with Crippen molar-refractivity contribution >= 4 is 39.2 Å². The first-order chi connectivity index (χ1) is 16.8. The summed E-state index contributed by atoms with van der Waals surface area (Å²) in [4.78, 5) is 12.7. The Kier molecular flexibility index (Phi) is 6.90. The Morgan fingerprint density at radius 1 is 0.943 bits per heavy atom. The highest BCUT2D eigenvalue weighted by atomic mass is 35.5. The van der Waals surface area contributed by atoms with Crippen LogP contribution in [0.5, 0.6) is 11.5 Å². The number of anilines is 2. The SMILES string of the molecule is COc1cc(OC)cc(-c2nnc(NC(=O)c3cccc(NS(=O)(=O)c4ccc(Cl)cc4)c3)o2)c1. The van der Waals surface area contributed by atoms with Crippen molar-refractivity contribution in [3.63, 3.8) is 0 Å². The van der Waals surface area contributed by atoms with Crippen LogP contribution in [0.3, 0.4) is 0 Å². The molecule has 0 unspecified atom stereocenters. The van der Waals surface area contributed by atoms with Gasteiger partial charge in [-0.25, -0.2) is 8.42 Å². The number of nitrogens with one attached hydrogen (secondary N) is 2. The Bertz CT molecular complexity index is 1450. The van der Waals surface area contributed by atoms with Crippen molar-refractivity contribution in [2.24, 2.45) is 0 Å². The molecule has 35 heavy (non-hydrogen) atoms. The topological polar surface area (TPSA) is 133 Å². The molecule has 0 saturated carbocycles. The molecule has 4 rings (SSSR count). The van der Waals surface area contributed by atoms with Gasteiger partial charge in [0.05, 0.1) is 19.1 Å². The van der Waals surface area contributed by atoms with E-state index >= 15 is 0 Å². The summed E-state index contributed by atoms with van der Waals surface area (Å²) in [5.41, 5.74) is 0.902. The summed E-state index contributed by atoms with van der Waals surface area (Å²) in [5, 5.41) is 10.7. The van der Waals surface area contributed by atoms with Gasteiger partial charge in [0.25, 0.3) is 15.9 Å². The summed E-state index contributed by atoms with van der Waals surface area (Å²) in [6.45, 7) is 0. The number of carbonyl (C=O) groups excluding carboxylic acids is 1. The average molecular weight is 515 g/mol. The van der Waals surface area contributed by atoms with Gasteiger partial charge in [-0.1, -0.05) is 22.8 Å². The summed E-state index contributed by atoms with van der Waals surface area (Å²) in [5.74, 6) is 0.625. The fraction of sp³-hybridized carbons (Fsp3) is 0.0870. The van der Waals surface area contributed by atoms with Crippen molar-refractivity contribution in [3.05, 3.63) is 77.3 Å². The second-order valence-electron chi connectivity index (χ2n) is 7.11. The van der Waals surface area contributed by atoms with Crippen LogP contribution in [0, 0.1) is 0 Å². The highest BCUT2D eigenvalue weighted by molar-refractivity contribution is 7.92. The molecule has 0 bridgehead atoms. The number of hydrogen-bond acceptors (Lipinski definition) is 8. The quantitative estimate of drug-likeness (QED) is 0.352. The standard InChI is InChI=1S/C23H19ClN4O6S/c1-32-18-11-15(12-19(13-18)33-2)22-26-27-23(34-22)25-21(29)14-4-3-5-17(10-14)28-35(30,31)20-8-6-16(24)7-9-20/h3-13,28H,1-2H3,(H,25,27,29). The summed E-state index contributed by atoms with van der Waals surface area (Å²) in [7, 11) is -0.841. The summed E-state index contributed by atoms with van der Waals surface area (Å²) in [6.07, 6.45) is 0. The molecule has 0 atom stereocenters. The van der Waals surface area contributed by atoms with Gasteiger partial charge in [0.2, 0.25) is 5.89 Å². The number of ether oxygens (including phenoxy) is 2. The highest BCUT2D eigenvalue weighted by Crippen LogP contribution is 2.29. The molecule has 0 radical (unpaired) electrons. The smallest absolute Gasteiger partial charge is 0.322 e. The van der Waals surface area contributed by atoms with Crippen LogP contribution < -0.4 is 19.5 Å². The Hall–Kier alpha value is -4.09. The zero-order valence-corrected chi connectivity index (χ0v) is 20.1. The number of methoxy groups -OCH3 is 2. The summed E-state index contributed by atoms with van der Waals surface area (Å²) < 4.78 is 43.7. The molecule has 12 heteroatoms. The van der Waals surface area contributed by atoms with Gasteiger partial charge in [-0.3, -0.25) is 14.8 Å². The minimum absolute atomic E-state index is 0.0318. The minimum Gasteiger partial charge on any atom is -0.497 e. The van der Waals surface area contributed by atoms with Gasteiger partial charge in [-0.2, -0.15) is 0 Å². The molecule has 2 N–H and O–H groups in total. The number of amides is 1. The van der Waals surface area contributed by atoms with Crippen LogP contribution in [0.1, 0.15) is 10.4 Å². The summed E-state index contributed by atoms with van der Waals surface area (Å²) in [6, 6.07) is 16.6. The first-order valence-corrected chi connectivity index (χ1v) is 11.9. The lowest BCUT2D eigenvalue weighted by atomic mass is 10.2. The monoisotopic (exact) mass is 514 g/mol. The molecule has 0 aliphatic heterocycles. The van der Waals surface area contributed by atoms with E-state index in [2.05, 4.69) is 20.2 Å². The zero-order chi connectivity index (χ0) is 25.0. The predicted octanol–water partition coefficient (Wildman–Crippen LogP) is 4.46. The lowest BCUT2D eigenvalue weighted by molar-refractivity contribution is 0.102. The van der Waals surface area contributed by atoms with E-state index in [9.17, 15) is 13.2 Å². The Morgan fingerprint density at radius 2 is 1.63 bits per heavy atom. The fourth-order valence-corrected chi connectivity index (χ4v) is 4.22. The second-order valence-corrected chi connectivity index (χ2v) is 9.23. The Morgan fingerprint density at radius 3 is 2.29 bits per heavy atom. The molecule has 0 spiro atoms. The maximum atomic E-state index is 12.7. The van der Waals surface area contributed by atoms with Crippen LogP contribution in [-0.4, -0.2) is 38.7 Å². The van der Waals surface area contributed by atoms with Crippen LogP contribution in [0.4, 0.5) is 11.7 Å². The van der Waals surface area contributed by atoms with Crippen LogP contribution in [0.2, 0.25) is 5.02 Å². The van der Waals surface area contributed by atoms with E-state index in [-0.39, 0.29) is 28.1 Å². The van der Waals surface area contributed by atoms with Gasteiger partial charge >= 0.3 is 6.01 Å². The van der Waals surface area contributed by atoms with Crippen molar-refractivity contribution in [1.29, 1.82) is 0 Å². The van der Waals surface area contributed by atoms with Crippen molar-refractivity contribution in [2.45, 2.75) is 4.90 Å². The van der Waals surface area contributed by atoms with E-state index in [4.69, 9.17) is 25.5 Å². The molecule has 0 aliphatic carbocycles. The average Bonchev–Trinajstić information content (AvgIpc) is 3.32. The van der Waals surface area contributed by atoms with Crippen LogP contribution >= 0.6 is 11.6 Å². The van der Waals surface area contributed by atoms with Crippen LogP contribution in [0.25, 0.3) is 11.5 Å². The number of halogens is 1. The minimum atomic E-state index is -3.87. The van der Waals surface area contributed by atoms with Crippen molar-refractivity contribution in [2.75, 3.05) is 24.3 Å². The van der Waals surface area contributed by atoms with Gasteiger partial charge in [0.1, 0.15) is 11.5 Å². The first kappa shape index (κ1) is 24.0. The molecule has 10 nitrogen and oxygen atoms in total. The highest BCUT2D eigenvalue weighted by Gasteiger charge is 2.17. The predicted molar refractivity (Wildman–Crippen MR) is 129 cm³/mol. The molecular weight excluding hydrogens is 496 g/mol. The van der Waals surface area contributed by atoms with E-state index < -0.39 is 15.9 Å². The third-order valence-electron chi connectivity index (χ3n) is 4.74. The van der Waals surface area contributed by atoms with Crippen molar-refractivity contribution < 1.29 is 27.1 Å². The number of nitrogens with zero attached hydrogens (tertiary/aromatic N) is 2. The van der Waals surface area contributed by atoms with Gasteiger partial charge in [-0.15, -0.1) is 5.10 Å². The lowest BCUT2D eigenvalue weighted by Crippen LogP contribution is -2.15. The van der Waals surface area contributed by atoms with Gasteiger partial charge < -0.3 is 13.9 Å². The number of hydrogen-bond donors (Lipinski definition) is 2. The second kappa shape index (κ2) is 10.0. The van der Waals surface area contributed by atoms with Crippen LogP contribution in [0.15, 0.2) is 76.0 Å². The number of benzene rings is 3. The Balaban J connectivity index is 1.49. The first-order valence-electron chi connectivity index (χ1n) is 10.0. The molecule has 1 heterocycles. The number of sulfonamides is 1. The largest absolute Gasteiger partial charge is 0.497 e. The van der Waals surface area contributed by atoms with E-state index in [1.54, 1.807) is 18.2 Å². The van der Waals surface area contributed by atoms with E-state index in [0.717, 1.165) is 0 Å². The lowest BCUT2D eigenvalue weighted by Gasteiger charge is -2.09. The molecular formula is C23H19ClN4O6S. The fourth-order valence-electron chi connectivity index (χ4n) is 3.04. The maximum Gasteiger partial charge on any atom is 0.322 e. The molecule has 1 aromatic heterocycles. The van der Waals surface area contributed by atoms with Crippen molar-refractivity contribution in [1.82, 2.24) is 10.2 Å². The van der Waals surface area contributed by atoms with E-state index in [0.29, 0.717) is 22.1 Å². The van der Waals surface area contributed by atoms with Gasteiger partial charge in [0.15, 0.2) is 0 Å². The van der Waals surface area contributed by atoms with Crippen molar-refractivity contribution in [3.8, 4) is 23.0 Å². The zero-order valence-electron chi connectivity index (χ0n) is 18.5. The number of aromatic nitrogens is 2. The third kappa shape index (κ3) is 5.70. The molecule has 0 fully saturated rings. The molecule has 0 saturated heterocycles. The van der Waals surface area contributed by atoms with Gasteiger partial charge in [0, 0.05) is 27.9 Å². The van der Waals surface area contributed by atoms with E-state index in [1.807, 2.05) is 0 Å². The van der Waals surface area contributed by atoms with E-state index in [1.165, 1.54) is 62.8 Å². The number of carbonyl (C=O) groups is 1. The maximum absolute atomic E-state index is 12.7. The molecule has 3 aromatic carbocycles. The number of rotatable bonds is 8. The molecule has 0 aliphatic rings. The molecule has 180 valence electrons. The Labute approximate surface area is 205 Å².